The number of hydrogen-bond donors (Lipinski definition) is 1. The molecule has 2 atom stereocenters. The van der Waals surface area contributed by atoms with Crippen molar-refractivity contribution in [2.45, 2.75) is 89.9 Å². The maximum absolute atomic E-state index is 12.4. The first-order valence-corrected chi connectivity index (χ1v) is 9.12. The normalized spacial score (nSPS) is 25.6. The molecule has 24 heavy (non-hydrogen) atoms. The summed E-state index contributed by atoms with van der Waals surface area (Å²) in [6, 6.07) is -0.0512. The summed E-state index contributed by atoms with van der Waals surface area (Å²) in [4.78, 5) is 28.2. The molecule has 1 N–H and O–H groups in total. The summed E-state index contributed by atoms with van der Waals surface area (Å²) >= 11 is 0. The second-order valence-electron chi connectivity index (χ2n) is 8.08. The Balaban J connectivity index is 2.10. The van der Waals surface area contributed by atoms with Gasteiger partial charge in [0.2, 0.25) is 5.91 Å². The second-order valence-corrected chi connectivity index (χ2v) is 8.08. The molecular formula is C18H32N2O4. The molecule has 2 fully saturated rings. The Morgan fingerprint density at radius 1 is 1.17 bits per heavy atom. The van der Waals surface area contributed by atoms with E-state index in [0.29, 0.717) is 13.0 Å². The fraction of sp³-hybridized carbons (Fsp3) is 0.889. The number of carbonyl (C=O) groups excluding carboxylic acids is 2. The van der Waals surface area contributed by atoms with Crippen LogP contribution >= 0.6 is 0 Å². The fourth-order valence-corrected chi connectivity index (χ4v) is 3.98. The lowest BCUT2D eigenvalue weighted by atomic mass is 9.92. The van der Waals surface area contributed by atoms with E-state index in [1.165, 1.54) is 6.42 Å². The molecule has 1 aliphatic heterocycles. The number of aliphatic hydroxyl groups excluding tert-OH is 1. The number of nitrogens with zero attached hydrogens (tertiary/aromatic N) is 2. The molecule has 1 saturated heterocycles. The smallest absolute Gasteiger partial charge is 0.410 e. The van der Waals surface area contributed by atoms with Crippen LogP contribution in [0.3, 0.4) is 0 Å². The van der Waals surface area contributed by atoms with Gasteiger partial charge in [0, 0.05) is 19.5 Å². The van der Waals surface area contributed by atoms with E-state index in [9.17, 15) is 14.7 Å². The van der Waals surface area contributed by atoms with Gasteiger partial charge in [-0.1, -0.05) is 19.3 Å². The van der Waals surface area contributed by atoms with Gasteiger partial charge >= 0.3 is 6.09 Å². The Kier molecular flexibility index (Phi) is 6.12. The van der Waals surface area contributed by atoms with Crippen LogP contribution in [0.25, 0.3) is 0 Å². The molecule has 0 aromatic rings. The van der Waals surface area contributed by atoms with Gasteiger partial charge in [-0.25, -0.2) is 4.79 Å². The summed E-state index contributed by atoms with van der Waals surface area (Å²) < 4.78 is 5.46. The first-order chi connectivity index (χ1) is 11.2. The third-order valence-electron chi connectivity index (χ3n) is 4.96. The van der Waals surface area contributed by atoms with Gasteiger partial charge < -0.3 is 19.6 Å². The SMILES string of the molecule is CC(=O)N(C1CCCCC1)[C@H]1C[C@H](CO)N(C(=O)OC(C)(C)C)C1. The summed E-state index contributed by atoms with van der Waals surface area (Å²) in [5.74, 6) is 0.0645. The Labute approximate surface area is 145 Å². The summed E-state index contributed by atoms with van der Waals surface area (Å²) in [6.45, 7) is 7.43. The number of likely N-dealkylation sites (tertiary alicyclic amines) is 1. The van der Waals surface area contributed by atoms with Gasteiger partial charge in [0.1, 0.15) is 5.60 Å². The molecule has 2 amide bonds. The zero-order valence-electron chi connectivity index (χ0n) is 15.5. The van der Waals surface area contributed by atoms with Gasteiger partial charge in [0.05, 0.1) is 18.7 Å². The molecule has 6 nitrogen and oxygen atoms in total. The van der Waals surface area contributed by atoms with E-state index >= 15 is 0 Å². The van der Waals surface area contributed by atoms with E-state index < -0.39 is 11.7 Å². The Morgan fingerprint density at radius 2 is 1.79 bits per heavy atom. The second kappa shape index (κ2) is 7.72. The average molecular weight is 340 g/mol. The van der Waals surface area contributed by atoms with Crippen LogP contribution in [0.2, 0.25) is 0 Å². The molecule has 0 spiro atoms. The van der Waals surface area contributed by atoms with Crippen LogP contribution in [0, 0.1) is 0 Å². The minimum Gasteiger partial charge on any atom is -0.444 e. The standard InChI is InChI=1S/C18H32N2O4/c1-13(22)20(14-8-6-5-7-9-14)15-10-16(12-21)19(11-15)17(23)24-18(2,3)4/h14-16,21H,5-12H2,1-4H3/t15-,16+/m0/s1. The minimum absolute atomic E-state index is 0.0322. The lowest BCUT2D eigenvalue weighted by molar-refractivity contribution is -0.134. The van der Waals surface area contributed by atoms with Crippen molar-refractivity contribution in [3.8, 4) is 0 Å². The fourth-order valence-electron chi connectivity index (χ4n) is 3.98. The monoisotopic (exact) mass is 340 g/mol. The third-order valence-corrected chi connectivity index (χ3v) is 4.96. The number of carbonyl (C=O) groups is 2. The van der Waals surface area contributed by atoms with Crippen molar-refractivity contribution >= 4 is 12.0 Å². The molecular weight excluding hydrogens is 308 g/mol. The van der Waals surface area contributed by atoms with Crippen LogP contribution in [0.15, 0.2) is 0 Å². The molecule has 0 unspecified atom stereocenters. The molecule has 2 aliphatic rings. The van der Waals surface area contributed by atoms with Crippen molar-refractivity contribution in [1.82, 2.24) is 9.80 Å². The summed E-state index contributed by atoms with van der Waals surface area (Å²) in [7, 11) is 0. The van der Waals surface area contributed by atoms with Crippen LogP contribution in [-0.4, -0.2) is 63.8 Å². The maximum atomic E-state index is 12.4. The number of ether oxygens (including phenoxy) is 1. The molecule has 0 aromatic heterocycles. The Bertz CT molecular complexity index is 454. The molecule has 0 aromatic carbocycles. The topological polar surface area (TPSA) is 70.1 Å². The van der Waals surface area contributed by atoms with Gasteiger partial charge in [0.25, 0.3) is 0 Å². The molecule has 0 radical (unpaired) electrons. The molecule has 2 rings (SSSR count). The van der Waals surface area contributed by atoms with Crippen molar-refractivity contribution in [2.24, 2.45) is 0 Å². The van der Waals surface area contributed by atoms with E-state index in [0.717, 1.165) is 25.7 Å². The van der Waals surface area contributed by atoms with Crippen molar-refractivity contribution in [3.63, 3.8) is 0 Å². The van der Waals surface area contributed by atoms with Crippen LogP contribution < -0.4 is 0 Å². The quantitative estimate of drug-likeness (QED) is 0.857. The van der Waals surface area contributed by atoms with Crippen LogP contribution in [0.4, 0.5) is 4.79 Å². The van der Waals surface area contributed by atoms with Crippen LogP contribution in [-0.2, 0) is 9.53 Å². The van der Waals surface area contributed by atoms with E-state index in [2.05, 4.69) is 0 Å². The van der Waals surface area contributed by atoms with Gasteiger partial charge in [-0.3, -0.25) is 4.79 Å². The number of amides is 2. The van der Waals surface area contributed by atoms with Crippen molar-refractivity contribution in [2.75, 3.05) is 13.2 Å². The van der Waals surface area contributed by atoms with E-state index in [1.54, 1.807) is 11.8 Å². The van der Waals surface area contributed by atoms with Gasteiger partial charge in [0.15, 0.2) is 0 Å². The van der Waals surface area contributed by atoms with Crippen LogP contribution in [0.5, 0.6) is 0 Å². The maximum Gasteiger partial charge on any atom is 0.410 e. The van der Waals surface area contributed by atoms with Gasteiger partial charge in [-0.2, -0.15) is 0 Å². The molecule has 1 aliphatic carbocycles. The third kappa shape index (κ3) is 4.62. The summed E-state index contributed by atoms with van der Waals surface area (Å²) in [5, 5.41) is 9.68. The highest BCUT2D eigenvalue weighted by molar-refractivity contribution is 5.75. The molecule has 6 heteroatoms. The molecule has 0 bridgehead atoms. The largest absolute Gasteiger partial charge is 0.444 e. The Morgan fingerprint density at radius 3 is 2.29 bits per heavy atom. The van der Waals surface area contributed by atoms with Crippen molar-refractivity contribution in [1.29, 1.82) is 0 Å². The number of aliphatic hydroxyl groups is 1. The first kappa shape index (κ1) is 19.0. The number of hydrogen-bond acceptors (Lipinski definition) is 4. The summed E-state index contributed by atoms with van der Waals surface area (Å²) in [5.41, 5.74) is -0.571. The molecule has 1 saturated carbocycles. The highest BCUT2D eigenvalue weighted by atomic mass is 16.6. The lowest BCUT2D eigenvalue weighted by Crippen LogP contribution is -2.48. The highest BCUT2D eigenvalue weighted by Gasteiger charge is 2.42. The van der Waals surface area contributed by atoms with E-state index in [4.69, 9.17) is 4.74 Å². The predicted octanol–water partition coefficient (Wildman–Crippen LogP) is 2.54. The van der Waals surface area contributed by atoms with E-state index in [1.807, 2.05) is 25.7 Å². The molecule has 1 heterocycles. The summed E-state index contributed by atoms with van der Waals surface area (Å²) in [6.07, 6.45) is 5.82. The van der Waals surface area contributed by atoms with Gasteiger partial charge in [-0.05, 0) is 40.0 Å². The zero-order valence-corrected chi connectivity index (χ0v) is 15.5. The first-order valence-electron chi connectivity index (χ1n) is 9.12. The van der Waals surface area contributed by atoms with E-state index in [-0.39, 0.29) is 30.6 Å². The van der Waals surface area contributed by atoms with Gasteiger partial charge in [-0.15, -0.1) is 0 Å². The van der Waals surface area contributed by atoms with Crippen LogP contribution in [0.1, 0.15) is 66.2 Å². The molecule has 138 valence electrons. The number of rotatable bonds is 3. The minimum atomic E-state index is -0.571. The lowest BCUT2D eigenvalue weighted by Gasteiger charge is -2.38. The highest BCUT2D eigenvalue weighted by Crippen LogP contribution is 2.30. The average Bonchev–Trinajstić information content (AvgIpc) is 2.90. The van der Waals surface area contributed by atoms with Crippen molar-refractivity contribution in [3.05, 3.63) is 0 Å². The predicted molar refractivity (Wildman–Crippen MR) is 91.6 cm³/mol. The van der Waals surface area contributed by atoms with Crippen molar-refractivity contribution < 1.29 is 19.4 Å². The Hall–Kier alpha value is -1.30. The zero-order chi connectivity index (χ0) is 17.9.